The van der Waals surface area contributed by atoms with Crippen molar-refractivity contribution in [3.8, 4) is 0 Å². The van der Waals surface area contributed by atoms with E-state index in [2.05, 4.69) is 25.6 Å². The zero-order valence-electron chi connectivity index (χ0n) is 10.5. The van der Waals surface area contributed by atoms with Gasteiger partial charge in [-0.05, 0) is 23.3 Å². The molecule has 19 heavy (non-hydrogen) atoms. The van der Waals surface area contributed by atoms with Crippen LogP contribution in [0.5, 0.6) is 0 Å². The van der Waals surface area contributed by atoms with Gasteiger partial charge in [-0.25, -0.2) is 4.68 Å². The maximum atomic E-state index is 11.5. The minimum atomic E-state index is -0.409. The number of thioether (sulfide) groups is 1. The Bertz CT molecular complexity index is 464. The number of ether oxygens (including phenoxy) is 1. The minimum Gasteiger partial charge on any atom is -0.468 e. The molecule has 104 valence electrons. The van der Waals surface area contributed by atoms with E-state index in [-0.39, 0.29) is 17.7 Å². The molecule has 1 saturated heterocycles. The lowest BCUT2D eigenvalue weighted by Crippen LogP contribution is -2.23. The normalized spacial score (nSPS) is 19.6. The van der Waals surface area contributed by atoms with Crippen LogP contribution in [-0.2, 0) is 20.9 Å². The molecule has 0 saturated carbocycles. The number of hydrogen-bond donors (Lipinski definition) is 1. The highest BCUT2D eigenvalue weighted by Gasteiger charge is 2.21. The SMILES string of the molecule is COC(=O)Cn1nnnc1SC1CCCNC(=O)C1. The summed E-state index contributed by atoms with van der Waals surface area (Å²) in [6.07, 6.45) is 2.28. The van der Waals surface area contributed by atoms with E-state index in [0.717, 1.165) is 12.8 Å². The van der Waals surface area contributed by atoms with Crippen molar-refractivity contribution in [2.45, 2.75) is 36.2 Å². The number of aromatic nitrogens is 4. The molecule has 1 N–H and O–H groups in total. The predicted molar refractivity (Wildman–Crippen MR) is 66.3 cm³/mol. The summed E-state index contributed by atoms with van der Waals surface area (Å²) in [5.41, 5.74) is 0. The van der Waals surface area contributed by atoms with Crippen molar-refractivity contribution < 1.29 is 14.3 Å². The number of methoxy groups -OCH3 is 1. The van der Waals surface area contributed by atoms with Crippen molar-refractivity contribution in [2.75, 3.05) is 13.7 Å². The summed E-state index contributed by atoms with van der Waals surface area (Å²) in [4.78, 5) is 22.7. The van der Waals surface area contributed by atoms with Crippen LogP contribution in [0.1, 0.15) is 19.3 Å². The van der Waals surface area contributed by atoms with Gasteiger partial charge in [0.25, 0.3) is 0 Å². The van der Waals surface area contributed by atoms with Crippen molar-refractivity contribution >= 4 is 23.6 Å². The summed E-state index contributed by atoms with van der Waals surface area (Å²) in [5.74, 6) is -0.366. The average molecular weight is 285 g/mol. The van der Waals surface area contributed by atoms with Gasteiger partial charge in [-0.1, -0.05) is 11.8 Å². The lowest BCUT2D eigenvalue weighted by atomic mass is 10.2. The summed E-state index contributed by atoms with van der Waals surface area (Å²) < 4.78 is 5.97. The maximum Gasteiger partial charge on any atom is 0.327 e. The van der Waals surface area contributed by atoms with Crippen molar-refractivity contribution in [1.82, 2.24) is 25.5 Å². The molecule has 1 aliphatic heterocycles. The Labute approximate surface area is 114 Å². The van der Waals surface area contributed by atoms with Gasteiger partial charge in [0, 0.05) is 18.2 Å². The summed E-state index contributed by atoms with van der Waals surface area (Å²) in [7, 11) is 1.31. The van der Waals surface area contributed by atoms with E-state index >= 15 is 0 Å². The summed E-state index contributed by atoms with van der Waals surface area (Å²) in [5, 5.41) is 14.7. The quantitative estimate of drug-likeness (QED) is 0.752. The van der Waals surface area contributed by atoms with Crippen LogP contribution in [-0.4, -0.2) is 51.0 Å². The smallest absolute Gasteiger partial charge is 0.327 e. The first kappa shape index (κ1) is 13.8. The first-order chi connectivity index (χ1) is 9.19. The fourth-order valence-corrected chi connectivity index (χ4v) is 2.88. The third-order valence-corrected chi connectivity index (χ3v) is 3.95. The lowest BCUT2D eigenvalue weighted by molar-refractivity contribution is -0.141. The van der Waals surface area contributed by atoms with Gasteiger partial charge < -0.3 is 10.1 Å². The van der Waals surface area contributed by atoms with Crippen LogP contribution in [0.4, 0.5) is 0 Å². The number of esters is 1. The largest absolute Gasteiger partial charge is 0.468 e. The zero-order valence-corrected chi connectivity index (χ0v) is 11.4. The summed E-state index contributed by atoms with van der Waals surface area (Å²) in [6, 6.07) is 0. The first-order valence-electron chi connectivity index (χ1n) is 5.95. The second kappa shape index (κ2) is 6.50. The fourth-order valence-electron chi connectivity index (χ4n) is 1.76. The van der Waals surface area contributed by atoms with Crippen LogP contribution in [0.2, 0.25) is 0 Å². The Kier molecular flexibility index (Phi) is 4.72. The summed E-state index contributed by atoms with van der Waals surface area (Å²) >= 11 is 1.43. The molecule has 1 amide bonds. The Balaban J connectivity index is 2.00. The highest BCUT2D eigenvalue weighted by molar-refractivity contribution is 7.99. The van der Waals surface area contributed by atoms with Crippen molar-refractivity contribution in [1.29, 1.82) is 0 Å². The Hall–Kier alpha value is -1.64. The molecule has 1 aromatic rings. The topological polar surface area (TPSA) is 99.0 Å². The van der Waals surface area contributed by atoms with Gasteiger partial charge in [-0.3, -0.25) is 9.59 Å². The number of nitrogens with zero attached hydrogens (tertiary/aromatic N) is 4. The molecule has 0 aliphatic carbocycles. The van der Waals surface area contributed by atoms with E-state index in [1.807, 2.05) is 0 Å². The van der Waals surface area contributed by atoms with E-state index < -0.39 is 5.97 Å². The molecule has 0 bridgehead atoms. The maximum absolute atomic E-state index is 11.5. The van der Waals surface area contributed by atoms with Gasteiger partial charge in [0.15, 0.2) is 0 Å². The van der Waals surface area contributed by atoms with Crippen LogP contribution >= 0.6 is 11.8 Å². The molecule has 2 rings (SSSR count). The highest BCUT2D eigenvalue weighted by Crippen LogP contribution is 2.27. The number of tetrazole rings is 1. The average Bonchev–Trinajstić information content (AvgIpc) is 2.70. The first-order valence-corrected chi connectivity index (χ1v) is 6.83. The number of amides is 1. The van der Waals surface area contributed by atoms with Crippen molar-refractivity contribution in [2.24, 2.45) is 0 Å². The summed E-state index contributed by atoms with van der Waals surface area (Å²) in [6.45, 7) is 0.688. The van der Waals surface area contributed by atoms with Gasteiger partial charge in [-0.15, -0.1) is 5.10 Å². The van der Waals surface area contributed by atoms with Gasteiger partial charge in [0.2, 0.25) is 11.1 Å². The van der Waals surface area contributed by atoms with Gasteiger partial charge in [-0.2, -0.15) is 0 Å². The number of hydrogen-bond acceptors (Lipinski definition) is 7. The van der Waals surface area contributed by atoms with Crippen LogP contribution in [0.3, 0.4) is 0 Å². The van der Waals surface area contributed by atoms with E-state index in [9.17, 15) is 9.59 Å². The monoisotopic (exact) mass is 285 g/mol. The highest BCUT2D eigenvalue weighted by atomic mass is 32.2. The number of carbonyl (C=O) groups excluding carboxylic acids is 2. The van der Waals surface area contributed by atoms with Crippen LogP contribution in [0.25, 0.3) is 0 Å². The Morgan fingerprint density at radius 2 is 2.47 bits per heavy atom. The molecule has 2 heterocycles. The fraction of sp³-hybridized carbons (Fsp3) is 0.700. The molecular formula is C10H15N5O3S. The molecule has 8 nitrogen and oxygen atoms in total. The molecule has 0 spiro atoms. The van der Waals surface area contributed by atoms with Crippen LogP contribution in [0, 0.1) is 0 Å². The third kappa shape index (κ3) is 3.91. The molecular weight excluding hydrogens is 270 g/mol. The molecule has 1 aliphatic rings. The van der Waals surface area contributed by atoms with E-state index in [1.54, 1.807) is 0 Å². The van der Waals surface area contributed by atoms with E-state index in [4.69, 9.17) is 0 Å². The van der Waals surface area contributed by atoms with Gasteiger partial charge in [0.05, 0.1) is 7.11 Å². The minimum absolute atomic E-state index is 0.0231. The number of nitrogens with one attached hydrogen (secondary N) is 1. The van der Waals surface area contributed by atoms with Gasteiger partial charge >= 0.3 is 5.97 Å². The lowest BCUT2D eigenvalue weighted by Gasteiger charge is -2.11. The molecule has 1 aromatic heterocycles. The van der Waals surface area contributed by atoms with Crippen LogP contribution in [0.15, 0.2) is 5.16 Å². The van der Waals surface area contributed by atoms with E-state index in [0.29, 0.717) is 18.1 Å². The Morgan fingerprint density at radius 1 is 1.63 bits per heavy atom. The second-order valence-electron chi connectivity index (χ2n) is 4.13. The standard InChI is InChI=1S/C10H15N5O3S/c1-18-9(17)6-15-10(12-13-14-15)19-7-3-2-4-11-8(16)5-7/h7H,2-6H2,1H3,(H,11,16). The molecule has 1 fully saturated rings. The molecule has 9 heteroatoms. The number of carbonyl (C=O) groups is 2. The van der Waals surface area contributed by atoms with Crippen molar-refractivity contribution in [3.63, 3.8) is 0 Å². The van der Waals surface area contributed by atoms with Crippen LogP contribution < -0.4 is 5.32 Å². The zero-order chi connectivity index (χ0) is 13.7. The Morgan fingerprint density at radius 3 is 3.26 bits per heavy atom. The molecule has 1 unspecified atom stereocenters. The van der Waals surface area contributed by atoms with Crippen molar-refractivity contribution in [3.05, 3.63) is 0 Å². The molecule has 0 radical (unpaired) electrons. The molecule has 0 aromatic carbocycles. The third-order valence-electron chi connectivity index (χ3n) is 2.72. The van der Waals surface area contributed by atoms with E-state index in [1.165, 1.54) is 23.6 Å². The number of rotatable bonds is 4. The molecule has 1 atom stereocenters. The van der Waals surface area contributed by atoms with Gasteiger partial charge in [0.1, 0.15) is 6.54 Å². The predicted octanol–water partition coefficient (Wildman–Crippen LogP) is -0.393. The second-order valence-corrected chi connectivity index (χ2v) is 5.40.